The molecule has 0 radical (unpaired) electrons. The Kier molecular flexibility index (Phi) is 3.22. The number of anilines is 2. The number of nitrogens with two attached hydrogens (primary N) is 2. The molecule has 4 N–H and O–H groups in total. The molecule has 0 bridgehead atoms. The van der Waals surface area contributed by atoms with E-state index in [1.54, 1.807) is 12.1 Å². The lowest BCUT2D eigenvalue weighted by molar-refractivity contribution is 0.100. The van der Waals surface area contributed by atoms with Gasteiger partial charge in [0.25, 0.3) is 5.91 Å². The van der Waals surface area contributed by atoms with Crippen LogP contribution in [0.15, 0.2) is 18.2 Å². The standard InChI is InChI=1S/C13H19N3O/c1-2-7-16(10-4-5-10)12-8-9(14)3-6-11(12)13(15)17/h3,6,8,10H,2,4-5,7,14H2,1H3,(H2,15,17). The number of hydrogen-bond acceptors (Lipinski definition) is 3. The predicted octanol–water partition coefficient (Wildman–Crippen LogP) is 1.75. The van der Waals surface area contributed by atoms with E-state index >= 15 is 0 Å². The third-order valence-corrected chi connectivity index (χ3v) is 3.05. The SMILES string of the molecule is CCCN(c1cc(N)ccc1C(N)=O)C1CC1. The average Bonchev–Trinajstić information content (AvgIpc) is 3.09. The highest BCUT2D eigenvalue weighted by molar-refractivity contribution is 5.99. The van der Waals surface area contributed by atoms with E-state index in [-0.39, 0.29) is 5.91 Å². The van der Waals surface area contributed by atoms with Gasteiger partial charge in [0, 0.05) is 18.3 Å². The molecule has 4 nitrogen and oxygen atoms in total. The Morgan fingerprint density at radius 2 is 2.18 bits per heavy atom. The molecule has 0 unspecified atom stereocenters. The van der Waals surface area contributed by atoms with E-state index in [0.29, 0.717) is 17.3 Å². The molecule has 1 aliphatic rings. The minimum atomic E-state index is -0.387. The van der Waals surface area contributed by atoms with Crippen molar-refractivity contribution in [1.82, 2.24) is 0 Å². The monoisotopic (exact) mass is 233 g/mol. The van der Waals surface area contributed by atoms with Crippen LogP contribution in [0.1, 0.15) is 36.5 Å². The summed E-state index contributed by atoms with van der Waals surface area (Å²) in [6.45, 7) is 3.07. The lowest BCUT2D eigenvalue weighted by atomic mass is 10.1. The van der Waals surface area contributed by atoms with Crippen molar-refractivity contribution >= 4 is 17.3 Å². The van der Waals surface area contributed by atoms with Gasteiger partial charge in [-0.05, 0) is 37.5 Å². The molecule has 0 heterocycles. The maximum absolute atomic E-state index is 11.4. The summed E-state index contributed by atoms with van der Waals surface area (Å²) in [5, 5.41) is 0. The molecule has 1 aromatic carbocycles. The van der Waals surface area contributed by atoms with Gasteiger partial charge in [0.2, 0.25) is 0 Å². The lowest BCUT2D eigenvalue weighted by Gasteiger charge is -2.26. The zero-order valence-electron chi connectivity index (χ0n) is 10.1. The van der Waals surface area contributed by atoms with Crippen molar-refractivity contribution < 1.29 is 4.79 Å². The van der Waals surface area contributed by atoms with Crippen molar-refractivity contribution in [2.24, 2.45) is 5.73 Å². The molecular weight excluding hydrogens is 214 g/mol. The fourth-order valence-electron chi connectivity index (χ4n) is 2.12. The Labute approximate surface area is 102 Å². The van der Waals surface area contributed by atoms with Crippen LogP contribution in [0.3, 0.4) is 0 Å². The summed E-state index contributed by atoms with van der Waals surface area (Å²) >= 11 is 0. The Balaban J connectivity index is 2.39. The number of hydrogen-bond donors (Lipinski definition) is 2. The smallest absolute Gasteiger partial charge is 0.250 e. The highest BCUT2D eigenvalue weighted by Gasteiger charge is 2.30. The zero-order chi connectivity index (χ0) is 12.4. The van der Waals surface area contributed by atoms with Crippen LogP contribution in [0.2, 0.25) is 0 Å². The van der Waals surface area contributed by atoms with Gasteiger partial charge in [-0.2, -0.15) is 0 Å². The maximum atomic E-state index is 11.4. The largest absolute Gasteiger partial charge is 0.399 e. The van der Waals surface area contributed by atoms with Gasteiger partial charge in [0.15, 0.2) is 0 Å². The van der Waals surface area contributed by atoms with Crippen LogP contribution in [-0.4, -0.2) is 18.5 Å². The van der Waals surface area contributed by atoms with Crippen LogP contribution < -0.4 is 16.4 Å². The van der Waals surface area contributed by atoms with Crippen LogP contribution in [-0.2, 0) is 0 Å². The molecule has 17 heavy (non-hydrogen) atoms. The second-order valence-electron chi connectivity index (χ2n) is 4.57. The molecule has 1 saturated carbocycles. The fourth-order valence-corrected chi connectivity index (χ4v) is 2.12. The normalized spacial score (nSPS) is 14.6. The molecule has 1 amide bonds. The van der Waals surface area contributed by atoms with Crippen molar-refractivity contribution in [3.05, 3.63) is 23.8 Å². The van der Waals surface area contributed by atoms with E-state index < -0.39 is 0 Å². The molecular formula is C13H19N3O. The number of primary amides is 1. The zero-order valence-corrected chi connectivity index (χ0v) is 10.1. The first-order valence-electron chi connectivity index (χ1n) is 6.09. The lowest BCUT2D eigenvalue weighted by Crippen LogP contribution is -2.29. The highest BCUT2D eigenvalue weighted by atomic mass is 16.1. The molecule has 2 rings (SSSR count). The number of carbonyl (C=O) groups is 1. The van der Waals surface area contributed by atoms with Crippen LogP contribution >= 0.6 is 0 Å². The number of benzene rings is 1. The number of carbonyl (C=O) groups excluding carboxylic acids is 1. The Bertz CT molecular complexity index is 427. The average molecular weight is 233 g/mol. The fraction of sp³-hybridized carbons (Fsp3) is 0.462. The van der Waals surface area contributed by atoms with E-state index in [9.17, 15) is 4.79 Å². The van der Waals surface area contributed by atoms with Crippen molar-refractivity contribution in [2.45, 2.75) is 32.2 Å². The number of amides is 1. The molecule has 4 heteroatoms. The molecule has 0 aromatic heterocycles. The first-order chi connectivity index (χ1) is 8.13. The second kappa shape index (κ2) is 4.65. The molecule has 0 atom stereocenters. The third-order valence-electron chi connectivity index (χ3n) is 3.05. The first-order valence-corrected chi connectivity index (χ1v) is 6.09. The van der Waals surface area contributed by atoms with Gasteiger partial charge in [0.1, 0.15) is 0 Å². The Hall–Kier alpha value is -1.71. The van der Waals surface area contributed by atoms with Crippen molar-refractivity contribution in [2.75, 3.05) is 17.2 Å². The minimum Gasteiger partial charge on any atom is -0.399 e. The first kappa shape index (κ1) is 11.8. The summed E-state index contributed by atoms with van der Waals surface area (Å²) in [6, 6.07) is 5.85. The van der Waals surface area contributed by atoms with E-state index in [2.05, 4.69) is 11.8 Å². The van der Waals surface area contributed by atoms with Gasteiger partial charge >= 0.3 is 0 Å². The summed E-state index contributed by atoms with van der Waals surface area (Å²) < 4.78 is 0. The number of nitrogens with zero attached hydrogens (tertiary/aromatic N) is 1. The molecule has 0 saturated heterocycles. The van der Waals surface area contributed by atoms with Crippen LogP contribution in [0.5, 0.6) is 0 Å². The number of nitrogen functional groups attached to an aromatic ring is 1. The third kappa shape index (κ3) is 2.52. The molecule has 0 aliphatic heterocycles. The second-order valence-corrected chi connectivity index (χ2v) is 4.57. The highest BCUT2D eigenvalue weighted by Crippen LogP contribution is 2.34. The summed E-state index contributed by atoms with van der Waals surface area (Å²) in [6.07, 6.45) is 3.42. The number of rotatable bonds is 5. The summed E-state index contributed by atoms with van der Waals surface area (Å²) in [5.74, 6) is -0.387. The van der Waals surface area contributed by atoms with Crippen LogP contribution in [0.25, 0.3) is 0 Å². The molecule has 92 valence electrons. The molecule has 1 aliphatic carbocycles. The van der Waals surface area contributed by atoms with Gasteiger partial charge in [-0.25, -0.2) is 0 Å². The van der Waals surface area contributed by atoms with Crippen molar-refractivity contribution in [3.8, 4) is 0 Å². The summed E-state index contributed by atoms with van der Waals surface area (Å²) in [7, 11) is 0. The van der Waals surface area contributed by atoms with Gasteiger partial charge in [0.05, 0.1) is 11.3 Å². The molecule has 0 spiro atoms. The van der Waals surface area contributed by atoms with Crippen molar-refractivity contribution in [3.63, 3.8) is 0 Å². The van der Waals surface area contributed by atoms with Crippen molar-refractivity contribution in [1.29, 1.82) is 0 Å². The minimum absolute atomic E-state index is 0.387. The van der Waals surface area contributed by atoms with Crippen LogP contribution in [0.4, 0.5) is 11.4 Å². The molecule has 1 aromatic rings. The predicted molar refractivity (Wildman–Crippen MR) is 70.0 cm³/mol. The topological polar surface area (TPSA) is 72.3 Å². The van der Waals surface area contributed by atoms with E-state index in [1.165, 1.54) is 12.8 Å². The quantitative estimate of drug-likeness (QED) is 0.761. The summed E-state index contributed by atoms with van der Waals surface area (Å²) in [4.78, 5) is 13.7. The van der Waals surface area contributed by atoms with Gasteiger partial charge in [-0.3, -0.25) is 4.79 Å². The molecule has 1 fully saturated rings. The maximum Gasteiger partial charge on any atom is 0.250 e. The van der Waals surface area contributed by atoms with E-state index in [4.69, 9.17) is 11.5 Å². The summed E-state index contributed by atoms with van der Waals surface area (Å²) in [5.41, 5.74) is 13.3. The van der Waals surface area contributed by atoms with Gasteiger partial charge in [-0.15, -0.1) is 0 Å². The van der Waals surface area contributed by atoms with Crippen LogP contribution in [0, 0.1) is 0 Å². The van der Waals surface area contributed by atoms with E-state index in [0.717, 1.165) is 18.7 Å². The van der Waals surface area contributed by atoms with E-state index in [1.807, 2.05) is 6.07 Å². The Morgan fingerprint density at radius 3 is 2.71 bits per heavy atom. The van der Waals surface area contributed by atoms with Gasteiger partial charge in [-0.1, -0.05) is 6.92 Å². The van der Waals surface area contributed by atoms with Gasteiger partial charge < -0.3 is 16.4 Å². The Morgan fingerprint density at radius 1 is 1.47 bits per heavy atom.